The van der Waals surface area contributed by atoms with Gasteiger partial charge >= 0.3 is 0 Å². The zero-order chi connectivity index (χ0) is 13.9. The quantitative estimate of drug-likeness (QED) is 0.858. The number of imidazole rings is 1. The Labute approximate surface area is 120 Å². The fraction of sp³-hybridized carbons (Fsp3) is 0.562. The Balaban J connectivity index is 1.83. The highest BCUT2D eigenvalue weighted by molar-refractivity contribution is 5.50. The van der Waals surface area contributed by atoms with Gasteiger partial charge in [-0.1, -0.05) is 13.3 Å². The number of rotatable bonds is 4. The van der Waals surface area contributed by atoms with E-state index in [1.165, 1.54) is 25.8 Å². The number of aromatic nitrogens is 2. The largest absolute Gasteiger partial charge is 0.497 e. The second-order valence-corrected chi connectivity index (χ2v) is 5.52. The Hall–Kier alpha value is -1.55. The van der Waals surface area contributed by atoms with E-state index in [0.29, 0.717) is 6.04 Å². The Morgan fingerprint density at radius 3 is 3.10 bits per heavy atom. The number of nitrogens with zero attached hydrogens (tertiary/aromatic N) is 3. The Bertz CT molecular complexity index is 578. The predicted molar refractivity (Wildman–Crippen MR) is 80.3 cm³/mol. The summed E-state index contributed by atoms with van der Waals surface area (Å²) in [7, 11) is 1.70. The summed E-state index contributed by atoms with van der Waals surface area (Å²) < 4.78 is 7.45. The van der Waals surface area contributed by atoms with Crippen LogP contribution in [0.2, 0.25) is 0 Å². The van der Waals surface area contributed by atoms with Gasteiger partial charge < -0.3 is 14.0 Å². The van der Waals surface area contributed by atoms with E-state index in [4.69, 9.17) is 4.74 Å². The Morgan fingerprint density at radius 2 is 2.30 bits per heavy atom. The van der Waals surface area contributed by atoms with Crippen molar-refractivity contribution in [3.05, 3.63) is 30.4 Å². The molecule has 2 aromatic rings. The van der Waals surface area contributed by atoms with Crippen molar-refractivity contribution in [2.75, 3.05) is 20.2 Å². The maximum atomic E-state index is 5.27. The molecular weight excluding hydrogens is 250 g/mol. The van der Waals surface area contributed by atoms with E-state index in [0.717, 1.165) is 30.1 Å². The molecule has 0 bridgehead atoms. The van der Waals surface area contributed by atoms with Gasteiger partial charge in [0, 0.05) is 24.7 Å². The summed E-state index contributed by atoms with van der Waals surface area (Å²) in [6.07, 6.45) is 9.02. The number of hydrogen-bond acceptors (Lipinski definition) is 3. The van der Waals surface area contributed by atoms with Crippen molar-refractivity contribution in [1.82, 2.24) is 14.3 Å². The number of fused-ring (bicyclic) bond motifs is 1. The van der Waals surface area contributed by atoms with Crippen LogP contribution in [-0.4, -0.2) is 40.5 Å². The predicted octanol–water partition coefficient (Wildman–Crippen LogP) is 2.76. The molecule has 4 nitrogen and oxygen atoms in total. The third-order valence-electron chi connectivity index (χ3n) is 4.39. The molecule has 0 aromatic carbocycles. The smallest absolute Gasteiger partial charge is 0.122 e. The average molecular weight is 273 g/mol. The summed E-state index contributed by atoms with van der Waals surface area (Å²) in [5.74, 6) is 2.05. The number of likely N-dealkylation sites (tertiary alicyclic amines) is 1. The van der Waals surface area contributed by atoms with E-state index in [1.807, 2.05) is 18.3 Å². The van der Waals surface area contributed by atoms with Crippen molar-refractivity contribution in [1.29, 1.82) is 0 Å². The standard InChI is InChI=1S/C16H23N3O/c1-3-18-8-5-4-6-13(18)11-16-17-12-14-10-15(20-2)7-9-19(14)16/h7,9-10,12-13H,3-6,8,11H2,1-2H3. The number of methoxy groups -OCH3 is 1. The lowest BCUT2D eigenvalue weighted by atomic mass is 9.99. The van der Waals surface area contributed by atoms with Crippen molar-refractivity contribution in [2.24, 2.45) is 0 Å². The van der Waals surface area contributed by atoms with Gasteiger partial charge in [-0.3, -0.25) is 0 Å². The van der Waals surface area contributed by atoms with E-state index >= 15 is 0 Å². The molecule has 108 valence electrons. The second kappa shape index (κ2) is 5.83. The van der Waals surface area contributed by atoms with E-state index in [-0.39, 0.29) is 0 Å². The van der Waals surface area contributed by atoms with E-state index in [2.05, 4.69) is 27.4 Å². The molecule has 0 spiro atoms. The molecule has 1 saturated heterocycles. The van der Waals surface area contributed by atoms with Crippen LogP contribution in [0.15, 0.2) is 24.5 Å². The Morgan fingerprint density at radius 1 is 1.40 bits per heavy atom. The Kier molecular flexibility index (Phi) is 3.92. The molecule has 3 rings (SSSR count). The molecule has 0 N–H and O–H groups in total. The van der Waals surface area contributed by atoms with Crippen molar-refractivity contribution in [2.45, 2.75) is 38.6 Å². The minimum atomic E-state index is 0.640. The maximum Gasteiger partial charge on any atom is 0.122 e. The zero-order valence-corrected chi connectivity index (χ0v) is 12.4. The minimum absolute atomic E-state index is 0.640. The third-order valence-corrected chi connectivity index (χ3v) is 4.39. The summed E-state index contributed by atoms with van der Waals surface area (Å²) >= 11 is 0. The first-order valence-electron chi connectivity index (χ1n) is 7.56. The molecule has 1 fully saturated rings. The number of pyridine rings is 1. The normalized spacial score (nSPS) is 20.4. The van der Waals surface area contributed by atoms with Crippen LogP contribution in [0.25, 0.3) is 5.52 Å². The van der Waals surface area contributed by atoms with Gasteiger partial charge in [0.05, 0.1) is 18.8 Å². The van der Waals surface area contributed by atoms with Gasteiger partial charge in [0.1, 0.15) is 11.6 Å². The van der Waals surface area contributed by atoms with Crippen LogP contribution in [0, 0.1) is 0 Å². The zero-order valence-electron chi connectivity index (χ0n) is 12.4. The lowest BCUT2D eigenvalue weighted by molar-refractivity contribution is 0.153. The number of ether oxygens (including phenoxy) is 1. The number of piperidine rings is 1. The van der Waals surface area contributed by atoms with Crippen LogP contribution < -0.4 is 4.74 Å². The highest BCUT2D eigenvalue weighted by atomic mass is 16.5. The topological polar surface area (TPSA) is 29.8 Å². The van der Waals surface area contributed by atoms with Gasteiger partial charge in [-0.2, -0.15) is 0 Å². The third kappa shape index (κ3) is 2.52. The number of hydrogen-bond donors (Lipinski definition) is 0. The fourth-order valence-electron chi connectivity index (χ4n) is 3.23. The fourth-order valence-corrected chi connectivity index (χ4v) is 3.23. The highest BCUT2D eigenvalue weighted by Crippen LogP contribution is 2.21. The van der Waals surface area contributed by atoms with Crippen molar-refractivity contribution < 1.29 is 4.74 Å². The summed E-state index contributed by atoms with van der Waals surface area (Å²) in [4.78, 5) is 7.21. The molecule has 3 heterocycles. The van der Waals surface area contributed by atoms with Crippen LogP contribution >= 0.6 is 0 Å². The van der Waals surface area contributed by atoms with Gasteiger partial charge in [-0.05, 0) is 32.0 Å². The first-order valence-corrected chi connectivity index (χ1v) is 7.56. The van der Waals surface area contributed by atoms with Gasteiger partial charge in [0.15, 0.2) is 0 Å². The van der Waals surface area contributed by atoms with Crippen LogP contribution in [0.4, 0.5) is 0 Å². The van der Waals surface area contributed by atoms with E-state index in [1.54, 1.807) is 7.11 Å². The van der Waals surface area contributed by atoms with E-state index in [9.17, 15) is 0 Å². The summed E-state index contributed by atoms with van der Waals surface area (Å²) in [6, 6.07) is 4.67. The average Bonchev–Trinajstić information content (AvgIpc) is 2.90. The molecule has 20 heavy (non-hydrogen) atoms. The SMILES string of the molecule is CCN1CCCCC1Cc1ncc2cc(OC)ccn12. The molecule has 1 unspecified atom stereocenters. The van der Waals surface area contributed by atoms with Gasteiger partial charge in [0.25, 0.3) is 0 Å². The van der Waals surface area contributed by atoms with Crippen molar-refractivity contribution >= 4 is 5.52 Å². The van der Waals surface area contributed by atoms with Crippen LogP contribution in [0.5, 0.6) is 5.75 Å². The van der Waals surface area contributed by atoms with Crippen LogP contribution in [-0.2, 0) is 6.42 Å². The molecule has 2 aromatic heterocycles. The minimum Gasteiger partial charge on any atom is -0.497 e. The molecule has 4 heteroatoms. The lowest BCUT2D eigenvalue weighted by Gasteiger charge is -2.34. The molecule has 0 saturated carbocycles. The summed E-state index contributed by atoms with van der Waals surface area (Å²) in [5.41, 5.74) is 1.11. The highest BCUT2D eigenvalue weighted by Gasteiger charge is 2.22. The monoisotopic (exact) mass is 273 g/mol. The first-order chi connectivity index (χ1) is 9.81. The summed E-state index contributed by atoms with van der Waals surface area (Å²) in [5, 5.41) is 0. The first kappa shape index (κ1) is 13.4. The second-order valence-electron chi connectivity index (χ2n) is 5.52. The molecule has 1 atom stereocenters. The van der Waals surface area contributed by atoms with Gasteiger partial charge in [-0.25, -0.2) is 4.98 Å². The van der Waals surface area contributed by atoms with Gasteiger partial charge in [-0.15, -0.1) is 0 Å². The molecular formula is C16H23N3O. The van der Waals surface area contributed by atoms with Crippen LogP contribution in [0.1, 0.15) is 32.0 Å². The number of likely N-dealkylation sites (N-methyl/N-ethyl adjacent to an activating group) is 1. The molecule has 0 radical (unpaired) electrons. The molecule has 0 aliphatic carbocycles. The summed E-state index contributed by atoms with van der Waals surface area (Å²) in [6.45, 7) is 4.63. The van der Waals surface area contributed by atoms with Crippen LogP contribution in [0.3, 0.4) is 0 Å². The molecule has 1 aliphatic heterocycles. The van der Waals surface area contributed by atoms with Gasteiger partial charge in [0.2, 0.25) is 0 Å². The molecule has 0 amide bonds. The van der Waals surface area contributed by atoms with Crippen molar-refractivity contribution in [3.8, 4) is 5.75 Å². The molecule has 1 aliphatic rings. The van der Waals surface area contributed by atoms with E-state index < -0.39 is 0 Å². The lowest BCUT2D eigenvalue weighted by Crippen LogP contribution is -2.40. The maximum absolute atomic E-state index is 5.27. The van der Waals surface area contributed by atoms with Crippen molar-refractivity contribution in [3.63, 3.8) is 0 Å².